The van der Waals surface area contributed by atoms with Gasteiger partial charge in [-0.2, -0.15) is 0 Å². The van der Waals surface area contributed by atoms with E-state index in [4.69, 9.17) is 44.9 Å². The van der Waals surface area contributed by atoms with E-state index < -0.39 is 17.0 Å². The van der Waals surface area contributed by atoms with Crippen LogP contribution in [0.25, 0.3) is 11.3 Å². The van der Waals surface area contributed by atoms with Crippen molar-refractivity contribution >= 4 is 58.8 Å². The Hall–Kier alpha value is -3.75. The number of rotatable bonds is 4. The number of benzene rings is 2. The Morgan fingerprint density at radius 1 is 0.750 bits per heavy atom. The van der Waals surface area contributed by atoms with E-state index >= 15 is 0 Å². The zero-order chi connectivity index (χ0) is 26.7. The summed E-state index contributed by atoms with van der Waals surface area (Å²) in [6.07, 6.45) is 3.00. The van der Waals surface area contributed by atoms with Crippen molar-refractivity contribution in [2.75, 3.05) is 0 Å². The van der Waals surface area contributed by atoms with Crippen LogP contribution < -0.4 is 5.46 Å². The topological polar surface area (TPSA) is 178 Å². The van der Waals surface area contributed by atoms with Crippen LogP contribution >= 0.6 is 34.8 Å². The van der Waals surface area contributed by atoms with Crippen LogP contribution in [0.1, 0.15) is 0 Å². The third-order valence-corrected chi connectivity index (χ3v) is 4.53. The molecule has 0 aliphatic carbocycles. The highest BCUT2D eigenvalue weighted by molar-refractivity contribution is 6.58. The number of halogens is 3. The van der Waals surface area contributed by atoms with E-state index in [1.54, 1.807) is 24.3 Å². The molecular weight excluding hydrogens is 537 g/mol. The van der Waals surface area contributed by atoms with Gasteiger partial charge in [-0.25, -0.2) is 19.9 Å². The molecule has 0 fully saturated rings. The number of nitrogens with zero attached hydrogens (tertiary/aromatic N) is 6. The maximum atomic E-state index is 10.6. The molecular formula is C20H14BCl3N6O6. The minimum absolute atomic E-state index is 0.0206. The molecule has 16 heteroatoms. The summed E-state index contributed by atoms with van der Waals surface area (Å²) in [7, 11) is -1.66. The van der Waals surface area contributed by atoms with Gasteiger partial charge in [0.2, 0.25) is 10.6 Å². The standard InChI is InChI=1S/C10H6ClN3O2.C6H6BNO4.C4H2Cl2N2/c11-10-12-5-4-9(13-10)7-2-1-3-8(6-7)14(15)16;9-7(10)5-2-1-3-6(4-5)8(11)12;5-3-1-2-7-4(6)8-3/h1-6H;1-4,9-10H;1-2H. The number of hydrogen-bond acceptors (Lipinski definition) is 10. The molecule has 0 aliphatic heterocycles. The molecule has 12 nitrogen and oxygen atoms in total. The molecule has 4 aromatic rings. The van der Waals surface area contributed by atoms with Crippen LogP contribution in [0.4, 0.5) is 11.4 Å². The molecule has 184 valence electrons. The minimum Gasteiger partial charge on any atom is -0.423 e. The zero-order valence-corrected chi connectivity index (χ0v) is 20.1. The van der Waals surface area contributed by atoms with Gasteiger partial charge in [0.05, 0.1) is 15.5 Å². The number of non-ortho nitro benzene ring substituents is 2. The lowest BCUT2D eigenvalue weighted by molar-refractivity contribution is -0.385. The van der Waals surface area contributed by atoms with Crippen LogP contribution in [-0.4, -0.2) is 46.9 Å². The highest BCUT2D eigenvalue weighted by atomic mass is 35.5. The van der Waals surface area contributed by atoms with Gasteiger partial charge in [-0.1, -0.05) is 35.9 Å². The molecule has 0 saturated carbocycles. The SMILES string of the molecule is Clc1ccnc(Cl)n1.O=[N+]([O-])c1cccc(-c2ccnc(Cl)n2)c1.O=[N+]([O-])c1cccc(B(O)O)c1. The summed E-state index contributed by atoms with van der Waals surface area (Å²) in [4.78, 5) is 34.7. The average molecular weight is 552 g/mol. The molecule has 0 atom stereocenters. The van der Waals surface area contributed by atoms with Crippen LogP contribution in [0, 0.1) is 20.2 Å². The monoisotopic (exact) mass is 550 g/mol. The van der Waals surface area contributed by atoms with Gasteiger partial charge in [0.1, 0.15) is 5.15 Å². The van der Waals surface area contributed by atoms with Gasteiger partial charge in [-0.05, 0) is 40.8 Å². The van der Waals surface area contributed by atoms with Crippen molar-refractivity contribution in [1.29, 1.82) is 0 Å². The van der Waals surface area contributed by atoms with Crippen molar-refractivity contribution in [2.24, 2.45) is 0 Å². The Labute approximate surface area is 218 Å². The normalized spacial score (nSPS) is 9.69. The number of aromatic nitrogens is 4. The molecule has 0 bridgehead atoms. The van der Waals surface area contributed by atoms with Crippen LogP contribution in [-0.2, 0) is 0 Å². The molecule has 2 heterocycles. The fourth-order valence-electron chi connectivity index (χ4n) is 2.39. The summed E-state index contributed by atoms with van der Waals surface area (Å²) in [5.74, 6) is 0. The first-order chi connectivity index (χ1) is 17.1. The summed E-state index contributed by atoms with van der Waals surface area (Å²) in [5, 5.41) is 38.8. The molecule has 2 aromatic carbocycles. The average Bonchev–Trinajstić information content (AvgIpc) is 2.85. The maximum absolute atomic E-state index is 10.6. The largest absolute Gasteiger partial charge is 0.488 e. The van der Waals surface area contributed by atoms with Crippen molar-refractivity contribution in [3.63, 3.8) is 0 Å². The summed E-state index contributed by atoms with van der Waals surface area (Å²) < 4.78 is 0. The van der Waals surface area contributed by atoms with Crippen LogP contribution in [0.3, 0.4) is 0 Å². The van der Waals surface area contributed by atoms with Crippen LogP contribution in [0.2, 0.25) is 15.7 Å². The minimum atomic E-state index is -1.66. The lowest BCUT2D eigenvalue weighted by atomic mass is 9.80. The molecule has 0 aliphatic rings. The first-order valence-electron chi connectivity index (χ1n) is 9.54. The smallest absolute Gasteiger partial charge is 0.423 e. The van der Waals surface area contributed by atoms with Gasteiger partial charge < -0.3 is 10.0 Å². The second-order valence-electron chi connectivity index (χ2n) is 6.39. The lowest BCUT2D eigenvalue weighted by Crippen LogP contribution is -2.29. The second kappa shape index (κ2) is 14.0. The molecule has 0 spiro atoms. The molecule has 2 aromatic heterocycles. The van der Waals surface area contributed by atoms with Gasteiger partial charge in [0, 0.05) is 42.2 Å². The Morgan fingerprint density at radius 3 is 1.81 bits per heavy atom. The summed E-state index contributed by atoms with van der Waals surface area (Å²) >= 11 is 16.4. The van der Waals surface area contributed by atoms with E-state index in [1.165, 1.54) is 42.7 Å². The Bertz CT molecular complexity index is 1330. The van der Waals surface area contributed by atoms with E-state index in [1.807, 2.05) is 0 Å². The Morgan fingerprint density at radius 2 is 1.31 bits per heavy atom. The lowest BCUT2D eigenvalue weighted by Gasteiger charge is -2.00. The molecule has 0 amide bonds. The third-order valence-electron chi connectivity index (χ3n) is 3.95. The summed E-state index contributed by atoms with van der Waals surface area (Å²) in [5.41, 5.74) is 1.18. The fraction of sp³-hybridized carbons (Fsp3) is 0. The molecule has 36 heavy (non-hydrogen) atoms. The summed E-state index contributed by atoms with van der Waals surface area (Å²) in [6, 6.07) is 14.6. The molecule has 0 unspecified atom stereocenters. The van der Waals surface area contributed by atoms with Crippen molar-refractivity contribution in [3.05, 3.63) is 109 Å². The highest BCUT2D eigenvalue weighted by Gasteiger charge is 2.14. The van der Waals surface area contributed by atoms with Crippen LogP contribution in [0.15, 0.2) is 73.1 Å². The maximum Gasteiger partial charge on any atom is 0.488 e. The number of nitro benzene ring substituents is 2. The van der Waals surface area contributed by atoms with Crippen LogP contribution in [0.5, 0.6) is 0 Å². The van der Waals surface area contributed by atoms with Gasteiger partial charge in [0.25, 0.3) is 11.4 Å². The van der Waals surface area contributed by atoms with E-state index in [-0.39, 0.29) is 27.4 Å². The number of hydrogen-bond donors (Lipinski definition) is 2. The second-order valence-corrected chi connectivity index (χ2v) is 7.46. The van der Waals surface area contributed by atoms with Gasteiger partial charge in [-0.3, -0.25) is 20.2 Å². The van der Waals surface area contributed by atoms with E-state index in [0.29, 0.717) is 16.4 Å². The zero-order valence-electron chi connectivity index (χ0n) is 17.9. The predicted molar refractivity (Wildman–Crippen MR) is 134 cm³/mol. The quantitative estimate of drug-likeness (QED) is 0.125. The number of nitro groups is 2. The van der Waals surface area contributed by atoms with Gasteiger partial charge in [0.15, 0.2) is 0 Å². The van der Waals surface area contributed by atoms with Crippen molar-refractivity contribution < 1.29 is 19.9 Å². The molecule has 2 N–H and O–H groups in total. The molecule has 4 rings (SSSR count). The summed E-state index contributed by atoms with van der Waals surface area (Å²) in [6.45, 7) is 0. The van der Waals surface area contributed by atoms with Gasteiger partial charge >= 0.3 is 7.12 Å². The van der Waals surface area contributed by atoms with Crippen molar-refractivity contribution in [2.45, 2.75) is 0 Å². The van der Waals surface area contributed by atoms with E-state index in [9.17, 15) is 20.2 Å². The predicted octanol–water partition coefficient (Wildman–Crippen LogP) is 3.76. The molecule has 0 radical (unpaired) electrons. The van der Waals surface area contributed by atoms with Gasteiger partial charge in [-0.15, -0.1) is 0 Å². The molecule has 0 saturated heterocycles. The highest BCUT2D eigenvalue weighted by Crippen LogP contribution is 2.22. The van der Waals surface area contributed by atoms with E-state index in [0.717, 1.165) is 6.07 Å². The van der Waals surface area contributed by atoms with E-state index in [2.05, 4.69) is 19.9 Å². The fourth-order valence-corrected chi connectivity index (χ4v) is 2.86. The Balaban J connectivity index is 0.000000202. The first-order valence-corrected chi connectivity index (χ1v) is 10.7. The van der Waals surface area contributed by atoms with Crippen molar-refractivity contribution in [1.82, 2.24) is 19.9 Å². The van der Waals surface area contributed by atoms with Crippen molar-refractivity contribution in [3.8, 4) is 11.3 Å². The third kappa shape index (κ3) is 9.48. The Kier molecular flexibility index (Phi) is 11.1. The first kappa shape index (κ1) is 28.5.